The van der Waals surface area contributed by atoms with Crippen molar-refractivity contribution >= 4 is 23.1 Å². The van der Waals surface area contributed by atoms with E-state index in [1.807, 2.05) is 30.6 Å². The van der Waals surface area contributed by atoms with E-state index in [9.17, 15) is 0 Å². The summed E-state index contributed by atoms with van der Waals surface area (Å²) in [4.78, 5) is 18.2. The Labute approximate surface area is 139 Å². The fraction of sp³-hybridized carbons (Fsp3) is 0.235. The van der Waals surface area contributed by atoms with E-state index < -0.39 is 0 Å². The van der Waals surface area contributed by atoms with Crippen LogP contribution in [0.25, 0.3) is 11.3 Å². The van der Waals surface area contributed by atoms with E-state index in [2.05, 4.69) is 42.7 Å². The summed E-state index contributed by atoms with van der Waals surface area (Å²) < 4.78 is 0. The number of aromatic nitrogens is 3. The van der Waals surface area contributed by atoms with Crippen LogP contribution in [0.3, 0.4) is 0 Å². The van der Waals surface area contributed by atoms with Gasteiger partial charge in [0.15, 0.2) is 0 Å². The lowest BCUT2D eigenvalue weighted by molar-refractivity contribution is 0.635. The molecule has 0 bridgehead atoms. The third-order valence-electron chi connectivity index (χ3n) is 4.00. The highest BCUT2D eigenvalue weighted by Gasteiger charge is 2.20. The Bertz CT molecular complexity index is 752. The maximum absolute atomic E-state index is 4.72. The van der Waals surface area contributed by atoms with Gasteiger partial charge in [-0.25, -0.2) is 15.0 Å². The maximum Gasteiger partial charge on any atom is 0.225 e. The predicted octanol–water partition coefficient (Wildman–Crippen LogP) is 2.93. The van der Waals surface area contributed by atoms with Crippen LogP contribution in [0, 0.1) is 0 Å². The molecule has 23 heavy (non-hydrogen) atoms. The number of hydrogen-bond donors (Lipinski definition) is 0. The van der Waals surface area contributed by atoms with E-state index in [1.54, 1.807) is 11.3 Å². The molecule has 0 saturated carbocycles. The van der Waals surface area contributed by atoms with Gasteiger partial charge in [0.1, 0.15) is 5.82 Å². The topological polar surface area (TPSA) is 45.2 Å². The number of nitrogens with zero attached hydrogens (tertiary/aromatic N) is 5. The molecule has 0 spiro atoms. The van der Waals surface area contributed by atoms with E-state index in [-0.39, 0.29) is 0 Å². The molecular formula is C17H17N5S. The number of hydrogen-bond acceptors (Lipinski definition) is 6. The molecule has 0 atom stereocenters. The molecule has 1 saturated heterocycles. The van der Waals surface area contributed by atoms with Gasteiger partial charge in [0, 0.05) is 49.5 Å². The van der Waals surface area contributed by atoms with Crippen LogP contribution in [0.5, 0.6) is 0 Å². The molecule has 0 radical (unpaired) electrons. The molecule has 3 aromatic heterocycles. The highest BCUT2D eigenvalue weighted by atomic mass is 32.1. The number of anilines is 2. The van der Waals surface area contributed by atoms with Gasteiger partial charge in [-0.15, -0.1) is 0 Å². The SMILES string of the molecule is c1ccc(N2CCN(c3nccc(-c4ccsc4)n3)CC2)nc1. The van der Waals surface area contributed by atoms with Gasteiger partial charge in [0.05, 0.1) is 5.69 Å². The van der Waals surface area contributed by atoms with E-state index in [0.29, 0.717) is 0 Å². The molecule has 0 unspecified atom stereocenters. The summed E-state index contributed by atoms with van der Waals surface area (Å²) in [5.74, 6) is 1.86. The number of thiophene rings is 1. The van der Waals surface area contributed by atoms with Gasteiger partial charge < -0.3 is 9.80 Å². The van der Waals surface area contributed by atoms with Gasteiger partial charge in [-0.3, -0.25) is 0 Å². The first-order valence-electron chi connectivity index (χ1n) is 7.67. The Hall–Kier alpha value is -2.47. The number of pyridine rings is 1. The molecular weight excluding hydrogens is 306 g/mol. The zero-order valence-electron chi connectivity index (χ0n) is 12.7. The van der Waals surface area contributed by atoms with E-state index in [0.717, 1.165) is 49.2 Å². The highest BCUT2D eigenvalue weighted by Crippen LogP contribution is 2.22. The second-order valence-corrected chi connectivity index (χ2v) is 6.20. The van der Waals surface area contributed by atoms with Gasteiger partial charge in [-0.2, -0.15) is 11.3 Å². The molecule has 3 aromatic rings. The summed E-state index contributed by atoms with van der Waals surface area (Å²) in [6, 6.07) is 10.1. The average molecular weight is 323 g/mol. The summed E-state index contributed by atoms with van der Waals surface area (Å²) in [5.41, 5.74) is 2.15. The monoisotopic (exact) mass is 323 g/mol. The third kappa shape index (κ3) is 3.03. The Morgan fingerprint density at radius 2 is 1.74 bits per heavy atom. The zero-order valence-corrected chi connectivity index (χ0v) is 13.5. The van der Waals surface area contributed by atoms with Crippen molar-refractivity contribution in [1.82, 2.24) is 15.0 Å². The summed E-state index contributed by atoms with van der Waals surface area (Å²) in [5, 5.41) is 4.19. The van der Waals surface area contributed by atoms with Crippen LogP contribution in [0.4, 0.5) is 11.8 Å². The smallest absolute Gasteiger partial charge is 0.225 e. The fourth-order valence-corrected chi connectivity index (χ4v) is 3.40. The summed E-state index contributed by atoms with van der Waals surface area (Å²) in [7, 11) is 0. The highest BCUT2D eigenvalue weighted by molar-refractivity contribution is 7.08. The molecule has 0 aromatic carbocycles. The third-order valence-corrected chi connectivity index (χ3v) is 4.68. The van der Waals surface area contributed by atoms with Crippen molar-refractivity contribution in [2.45, 2.75) is 0 Å². The zero-order chi connectivity index (χ0) is 15.5. The first-order chi connectivity index (χ1) is 11.4. The normalized spacial score (nSPS) is 15.0. The molecule has 1 aliphatic heterocycles. The number of piperazine rings is 1. The standard InChI is InChI=1S/C17H17N5S/c1-2-6-18-16(3-1)21-8-10-22(11-9-21)17-19-7-4-15(20-17)14-5-12-23-13-14/h1-7,12-13H,8-11H2. The molecule has 5 nitrogen and oxygen atoms in total. The predicted molar refractivity (Wildman–Crippen MR) is 94.0 cm³/mol. The lowest BCUT2D eigenvalue weighted by Gasteiger charge is -2.35. The van der Waals surface area contributed by atoms with Gasteiger partial charge >= 0.3 is 0 Å². The van der Waals surface area contributed by atoms with Crippen LogP contribution in [0.15, 0.2) is 53.5 Å². The lowest BCUT2D eigenvalue weighted by atomic mass is 10.2. The number of rotatable bonds is 3. The quantitative estimate of drug-likeness (QED) is 0.741. The van der Waals surface area contributed by atoms with Gasteiger partial charge in [0.2, 0.25) is 5.95 Å². The Morgan fingerprint density at radius 1 is 0.870 bits per heavy atom. The second kappa shape index (κ2) is 6.34. The van der Waals surface area contributed by atoms with Gasteiger partial charge in [-0.1, -0.05) is 6.07 Å². The van der Waals surface area contributed by atoms with Crippen molar-refractivity contribution in [3.63, 3.8) is 0 Å². The minimum atomic E-state index is 0.814. The summed E-state index contributed by atoms with van der Waals surface area (Å²) in [6.45, 7) is 3.68. The fourth-order valence-electron chi connectivity index (χ4n) is 2.75. The molecule has 4 heterocycles. The molecule has 1 fully saturated rings. The van der Waals surface area contributed by atoms with Crippen molar-refractivity contribution < 1.29 is 0 Å². The van der Waals surface area contributed by atoms with Crippen molar-refractivity contribution in [3.8, 4) is 11.3 Å². The summed E-state index contributed by atoms with van der Waals surface area (Å²) >= 11 is 1.69. The van der Waals surface area contributed by atoms with Crippen LogP contribution in [-0.4, -0.2) is 41.1 Å². The van der Waals surface area contributed by atoms with Crippen LogP contribution >= 0.6 is 11.3 Å². The van der Waals surface area contributed by atoms with Crippen LogP contribution in [0.2, 0.25) is 0 Å². The second-order valence-electron chi connectivity index (χ2n) is 5.42. The van der Waals surface area contributed by atoms with Crippen molar-refractivity contribution in [2.24, 2.45) is 0 Å². The maximum atomic E-state index is 4.72. The Balaban J connectivity index is 1.47. The molecule has 4 rings (SSSR count). The van der Waals surface area contributed by atoms with Gasteiger partial charge in [0.25, 0.3) is 0 Å². The van der Waals surface area contributed by atoms with E-state index in [1.165, 1.54) is 0 Å². The van der Waals surface area contributed by atoms with Crippen LogP contribution in [0.1, 0.15) is 0 Å². The van der Waals surface area contributed by atoms with Crippen molar-refractivity contribution in [3.05, 3.63) is 53.5 Å². The molecule has 0 N–H and O–H groups in total. The molecule has 0 aliphatic carbocycles. The molecule has 6 heteroatoms. The first-order valence-corrected chi connectivity index (χ1v) is 8.61. The Kier molecular flexibility index (Phi) is 3.90. The van der Waals surface area contributed by atoms with Crippen molar-refractivity contribution in [2.75, 3.05) is 36.0 Å². The molecule has 116 valence electrons. The lowest BCUT2D eigenvalue weighted by Crippen LogP contribution is -2.47. The minimum Gasteiger partial charge on any atom is -0.353 e. The van der Waals surface area contributed by atoms with Gasteiger partial charge in [-0.05, 0) is 29.6 Å². The van der Waals surface area contributed by atoms with Crippen LogP contribution < -0.4 is 9.80 Å². The van der Waals surface area contributed by atoms with E-state index >= 15 is 0 Å². The molecule has 1 aliphatic rings. The average Bonchev–Trinajstić information content (AvgIpc) is 3.18. The van der Waals surface area contributed by atoms with E-state index in [4.69, 9.17) is 4.98 Å². The van der Waals surface area contributed by atoms with Crippen LogP contribution in [-0.2, 0) is 0 Å². The minimum absolute atomic E-state index is 0.814. The molecule has 0 amide bonds. The Morgan fingerprint density at radius 3 is 2.48 bits per heavy atom. The largest absolute Gasteiger partial charge is 0.353 e. The van der Waals surface area contributed by atoms with Crippen molar-refractivity contribution in [1.29, 1.82) is 0 Å². The summed E-state index contributed by atoms with van der Waals surface area (Å²) in [6.07, 6.45) is 3.69. The first kappa shape index (κ1) is 14.1.